The molecule has 4 heteroatoms. The number of nitrogens with one attached hydrogen (secondary N) is 1. The number of carbonyl (C=O) groups excluding carboxylic acids is 1. The molecule has 3 N–H and O–H groups in total. The van der Waals surface area contributed by atoms with Crippen LogP contribution in [0.25, 0.3) is 0 Å². The second kappa shape index (κ2) is 5.25. The minimum Gasteiger partial charge on any atom is -0.381 e. The Balaban J connectivity index is 2.09. The Morgan fingerprint density at radius 3 is 3.00 bits per heavy atom. The van der Waals surface area contributed by atoms with Crippen LogP contribution in [0, 0.1) is 0 Å². The first-order valence-corrected chi connectivity index (χ1v) is 6.61. The molecule has 16 heavy (non-hydrogen) atoms. The predicted octanol–water partition coefficient (Wildman–Crippen LogP) is 1.63. The summed E-state index contributed by atoms with van der Waals surface area (Å²) in [6.07, 6.45) is 1.50. The Morgan fingerprint density at radius 2 is 2.31 bits per heavy atom. The average molecular weight is 236 g/mol. The molecule has 1 saturated heterocycles. The van der Waals surface area contributed by atoms with Gasteiger partial charge in [-0.05, 0) is 23.8 Å². The summed E-state index contributed by atoms with van der Waals surface area (Å²) in [7, 11) is 0. The zero-order valence-corrected chi connectivity index (χ0v) is 9.93. The number of para-hydroxylation sites is 1. The van der Waals surface area contributed by atoms with E-state index in [1.54, 1.807) is 0 Å². The van der Waals surface area contributed by atoms with Crippen LogP contribution >= 0.6 is 11.8 Å². The van der Waals surface area contributed by atoms with Crippen molar-refractivity contribution < 1.29 is 4.79 Å². The van der Waals surface area contributed by atoms with Crippen molar-refractivity contribution >= 4 is 23.4 Å². The summed E-state index contributed by atoms with van der Waals surface area (Å²) >= 11 is 1.97. The number of anilines is 1. The molecule has 0 bridgehead atoms. The molecule has 1 aliphatic heterocycles. The highest BCUT2D eigenvalue weighted by molar-refractivity contribution is 7.99. The number of nitrogens with two attached hydrogens (primary N) is 1. The summed E-state index contributed by atoms with van der Waals surface area (Å²) in [6.45, 7) is 0. The van der Waals surface area contributed by atoms with Crippen LogP contribution in [0.3, 0.4) is 0 Å². The lowest BCUT2D eigenvalue weighted by Gasteiger charge is -2.15. The van der Waals surface area contributed by atoms with Gasteiger partial charge in [0.25, 0.3) is 0 Å². The fraction of sp³-hybridized carbons (Fsp3) is 0.417. The van der Waals surface area contributed by atoms with Crippen LogP contribution in [-0.2, 0) is 11.2 Å². The molecule has 3 nitrogen and oxygen atoms in total. The lowest BCUT2D eigenvalue weighted by Crippen LogP contribution is -2.21. The second-order valence-corrected chi connectivity index (χ2v) is 5.15. The Labute approximate surface area is 99.8 Å². The quantitative estimate of drug-likeness (QED) is 0.835. The highest BCUT2D eigenvalue weighted by atomic mass is 32.2. The molecule has 1 aliphatic rings. The molecule has 1 amide bonds. The van der Waals surface area contributed by atoms with Gasteiger partial charge < -0.3 is 11.1 Å². The minimum absolute atomic E-state index is 0.282. The van der Waals surface area contributed by atoms with Gasteiger partial charge in [-0.3, -0.25) is 4.79 Å². The molecule has 1 unspecified atom stereocenters. The van der Waals surface area contributed by atoms with E-state index in [1.165, 1.54) is 12.2 Å². The standard InChI is InChI=1S/C12H16N2OS/c13-12(15)7-9-3-1-2-4-11(9)14-10-5-6-16-8-10/h1-4,10,14H,5-8H2,(H2,13,15). The van der Waals surface area contributed by atoms with Crippen molar-refractivity contribution in [1.82, 2.24) is 0 Å². The van der Waals surface area contributed by atoms with Gasteiger partial charge in [0, 0.05) is 17.5 Å². The van der Waals surface area contributed by atoms with E-state index in [4.69, 9.17) is 5.73 Å². The van der Waals surface area contributed by atoms with Crippen molar-refractivity contribution in [2.75, 3.05) is 16.8 Å². The number of benzene rings is 1. The maximum atomic E-state index is 10.9. The first-order valence-electron chi connectivity index (χ1n) is 5.46. The molecule has 86 valence electrons. The molecule has 0 spiro atoms. The Morgan fingerprint density at radius 1 is 1.50 bits per heavy atom. The van der Waals surface area contributed by atoms with Crippen LogP contribution < -0.4 is 11.1 Å². The van der Waals surface area contributed by atoms with Gasteiger partial charge in [0.1, 0.15) is 0 Å². The number of thioether (sulfide) groups is 1. The molecular formula is C12H16N2OS. The third-order valence-corrected chi connectivity index (χ3v) is 3.83. The summed E-state index contributed by atoms with van der Waals surface area (Å²) in [5, 5.41) is 3.49. The van der Waals surface area contributed by atoms with Crippen LogP contribution in [0.1, 0.15) is 12.0 Å². The highest BCUT2D eigenvalue weighted by Crippen LogP contribution is 2.23. The van der Waals surface area contributed by atoms with Crippen molar-refractivity contribution in [3.05, 3.63) is 29.8 Å². The fourth-order valence-corrected chi connectivity index (χ4v) is 3.02. The smallest absolute Gasteiger partial charge is 0.221 e. The minimum atomic E-state index is -0.282. The second-order valence-electron chi connectivity index (χ2n) is 4.01. The summed E-state index contributed by atoms with van der Waals surface area (Å²) < 4.78 is 0. The number of carbonyl (C=O) groups is 1. The van der Waals surface area contributed by atoms with E-state index in [0.717, 1.165) is 17.0 Å². The molecule has 1 heterocycles. The van der Waals surface area contributed by atoms with Crippen LogP contribution in [-0.4, -0.2) is 23.5 Å². The third-order valence-electron chi connectivity index (χ3n) is 2.67. The summed E-state index contributed by atoms with van der Waals surface area (Å²) in [5.74, 6) is 2.08. The van der Waals surface area contributed by atoms with E-state index in [9.17, 15) is 4.79 Å². The maximum absolute atomic E-state index is 10.9. The van der Waals surface area contributed by atoms with E-state index >= 15 is 0 Å². The topological polar surface area (TPSA) is 55.1 Å². The Hall–Kier alpha value is -1.16. The molecule has 0 saturated carbocycles. The summed E-state index contributed by atoms with van der Waals surface area (Å²) in [6, 6.07) is 8.41. The lowest BCUT2D eigenvalue weighted by atomic mass is 10.1. The van der Waals surface area contributed by atoms with Crippen LogP contribution in [0.15, 0.2) is 24.3 Å². The Bertz CT molecular complexity index is 375. The van der Waals surface area contributed by atoms with Crippen molar-refractivity contribution in [2.24, 2.45) is 5.73 Å². The van der Waals surface area contributed by atoms with Gasteiger partial charge in [-0.15, -0.1) is 0 Å². The number of hydrogen-bond donors (Lipinski definition) is 2. The van der Waals surface area contributed by atoms with Crippen molar-refractivity contribution in [3.63, 3.8) is 0 Å². The maximum Gasteiger partial charge on any atom is 0.221 e. The number of amides is 1. The molecule has 1 atom stereocenters. The molecule has 1 aromatic rings. The number of primary amides is 1. The molecule has 1 aromatic carbocycles. The first kappa shape index (κ1) is 11.3. The van der Waals surface area contributed by atoms with E-state index < -0.39 is 0 Å². The molecule has 0 radical (unpaired) electrons. The van der Waals surface area contributed by atoms with Crippen LogP contribution in [0.4, 0.5) is 5.69 Å². The average Bonchev–Trinajstić information content (AvgIpc) is 2.73. The molecule has 0 aromatic heterocycles. The third kappa shape index (κ3) is 2.92. The summed E-state index contributed by atoms with van der Waals surface area (Å²) in [5.41, 5.74) is 7.27. The van der Waals surface area contributed by atoms with E-state index in [1.807, 2.05) is 36.0 Å². The van der Waals surface area contributed by atoms with Crippen molar-refractivity contribution in [1.29, 1.82) is 0 Å². The van der Waals surface area contributed by atoms with Crippen LogP contribution in [0.5, 0.6) is 0 Å². The van der Waals surface area contributed by atoms with Gasteiger partial charge in [0.2, 0.25) is 5.91 Å². The largest absolute Gasteiger partial charge is 0.381 e. The van der Waals surface area contributed by atoms with Gasteiger partial charge in [0.15, 0.2) is 0 Å². The zero-order valence-electron chi connectivity index (χ0n) is 9.11. The van der Waals surface area contributed by atoms with E-state index in [2.05, 4.69) is 5.32 Å². The van der Waals surface area contributed by atoms with Gasteiger partial charge in [-0.2, -0.15) is 11.8 Å². The molecule has 0 aliphatic carbocycles. The number of rotatable bonds is 4. The van der Waals surface area contributed by atoms with Gasteiger partial charge in [-0.1, -0.05) is 18.2 Å². The first-order chi connectivity index (χ1) is 7.75. The molecule has 1 fully saturated rings. The molecular weight excluding hydrogens is 220 g/mol. The number of hydrogen-bond acceptors (Lipinski definition) is 3. The predicted molar refractivity (Wildman–Crippen MR) is 68.7 cm³/mol. The van der Waals surface area contributed by atoms with Crippen molar-refractivity contribution in [2.45, 2.75) is 18.9 Å². The van der Waals surface area contributed by atoms with E-state index in [0.29, 0.717) is 12.5 Å². The van der Waals surface area contributed by atoms with E-state index in [-0.39, 0.29) is 5.91 Å². The molecule has 2 rings (SSSR count). The van der Waals surface area contributed by atoms with Gasteiger partial charge in [-0.25, -0.2) is 0 Å². The lowest BCUT2D eigenvalue weighted by molar-refractivity contribution is -0.117. The van der Waals surface area contributed by atoms with Crippen molar-refractivity contribution in [3.8, 4) is 0 Å². The van der Waals surface area contributed by atoms with Crippen LogP contribution in [0.2, 0.25) is 0 Å². The monoisotopic (exact) mass is 236 g/mol. The Kier molecular flexibility index (Phi) is 3.72. The van der Waals surface area contributed by atoms with Gasteiger partial charge >= 0.3 is 0 Å². The summed E-state index contributed by atoms with van der Waals surface area (Å²) in [4.78, 5) is 10.9. The normalized spacial score (nSPS) is 19.6. The van der Waals surface area contributed by atoms with Gasteiger partial charge in [0.05, 0.1) is 6.42 Å². The SMILES string of the molecule is NC(=O)Cc1ccccc1NC1CCSC1. The fourth-order valence-electron chi connectivity index (χ4n) is 1.87. The highest BCUT2D eigenvalue weighted by Gasteiger charge is 2.16. The zero-order chi connectivity index (χ0) is 11.4.